The minimum atomic E-state index is -2.34. The number of rotatable bonds is 6. The van der Waals surface area contributed by atoms with E-state index in [0.29, 0.717) is 11.9 Å². The van der Waals surface area contributed by atoms with Gasteiger partial charge in [0.25, 0.3) is 6.43 Å². The van der Waals surface area contributed by atoms with Crippen molar-refractivity contribution in [2.24, 2.45) is 0 Å². The van der Waals surface area contributed by atoms with Crippen molar-refractivity contribution < 1.29 is 8.78 Å². The molecule has 0 bridgehead atoms. The maximum absolute atomic E-state index is 12.2. The van der Waals surface area contributed by atoms with E-state index in [0.717, 1.165) is 12.1 Å². The summed E-state index contributed by atoms with van der Waals surface area (Å²) in [6.07, 6.45) is -0.628. The van der Waals surface area contributed by atoms with Crippen LogP contribution >= 0.6 is 0 Å². The minimum Gasteiger partial charge on any atom is -0.354 e. The highest BCUT2D eigenvalue weighted by Gasteiger charge is 2.09. The Morgan fingerprint density at radius 3 is 2.53 bits per heavy atom. The molecule has 0 atom stereocenters. The second-order valence-corrected chi connectivity index (χ2v) is 4.33. The summed E-state index contributed by atoms with van der Waals surface area (Å²) in [6.45, 7) is 4.58. The van der Waals surface area contributed by atoms with Crippen LogP contribution in [0.25, 0.3) is 0 Å². The van der Waals surface area contributed by atoms with Gasteiger partial charge in [0.05, 0.1) is 6.54 Å². The standard InChI is InChI=1S/C12H19F2N3/c1-9(2)15-6-10-4-5-12(16-7-10)17(3)8-11(13)14/h4-5,7,9,11,15H,6,8H2,1-3H3. The molecule has 0 aliphatic carbocycles. The van der Waals surface area contributed by atoms with Crippen LogP contribution in [0.3, 0.4) is 0 Å². The van der Waals surface area contributed by atoms with Gasteiger partial charge in [-0.15, -0.1) is 0 Å². The lowest BCUT2D eigenvalue weighted by molar-refractivity contribution is 0.156. The summed E-state index contributed by atoms with van der Waals surface area (Å²) in [4.78, 5) is 5.61. The predicted octanol–water partition coefficient (Wildman–Crippen LogP) is 2.28. The number of halogens is 2. The van der Waals surface area contributed by atoms with Crippen molar-refractivity contribution in [3.8, 4) is 0 Å². The third-order valence-corrected chi connectivity index (χ3v) is 2.33. The van der Waals surface area contributed by atoms with Gasteiger partial charge >= 0.3 is 0 Å². The average molecular weight is 243 g/mol. The molecule has 5 heteroatoms. The van der Waals surface area contributed by atoms with Gasteiger partial charge in [-0.25, -0.2) is 13.8 Å². The van der Waals surface area contributed by atoms with Crippen LogP contribution < -0.4 is 10.2 Å². The fourth-order valence-electron chi connectivity index (χ4n) is 1.37. The third-order valence-electron chi connectivity index (χ3n) is 2.33. The van der Waals surface area contributed by atoms with Crippen molar-refractivity contribution in [3.63, 3.8) is 0 Å². The molecule has 0 saturated heterocycles. The molecular weight excluding hydrogens is 224 g/mol. The van der Waals surface area contributed by atoms with Gasteiger partial charge in [-0.05, 0) is 11.6 Å². The van der Waals surface area contributed by atoms with Gasteiger partial charge in [0.1, 0.15) is 5.82 Å². The number of anilines is 1. The lowest BCUT2D eigenvalue weighted by Gasteiger charge is -2.17. The third kappa shape index (κ3) is 5.08. The van der Waals surface area contributed by atoms with Crippen molar-refractivity contribution >= 4 is 5.82 Å². The molecular formula is C12H19F2N3. The van der Waals surface area contributed by atoms with E-state index in [1.54, 1.807) is 19.3 Å². The van der Waals surface area contributed by atoms with Crippen LogP contribution in [0.2, 0.25) is 0 Å². The molecule has 0 aliphatic rings. The number of alkyl halides is 2. The fraction of sp³-hybridized carbons (Fsp3) is 0.583. The first-order valence-corrected chi connectivity index (χ1v) is 5.66. The van der Waals surface area contributed by atoms with E-state index in [1.807, 2.05) is 6.07 Å². The summed E-state index contributed by atoms with van der Waals surface area (Å²) in [5, 5.41) is 3.27. The van der Waals surface area contributed by atoms with Crippen LogP contribution in [0, 0.1) is 0 Å². The van der Waals surface area contributed by atoms with Gasteiger partial charge in [0, 0.05) is 25.8 Å². The Morgan fingerprint density at radius 2 is 2.06 bits per heavy atom. The Balaban J connectivity index is 2.55. The first-order valence-electron chi connectivity index (χ1n) is 5.66. The van der Waals surface area contributed by atoms with E-state index in [1.165, 1.54) is 4.90 Å². The molecule has 1 aromatic rings. The molecule has 0 saturated carbocycles. The summed E-state index contributed by atoms with van der Waals surface area (Å²) in [5.74, 6) is 0.568. The zero-order valence-electron chi connectivity index (χ0n) is 10.5. The van der Waals surface area contributed by atoms with E-state index < -0.39 is 6.43 Å². The van der Waals surface area contributed by atoms with E-state index >= 15 is 0 Å². The molecule has 0 fully saturated rings. The molecule has 1 heterocycles. The van der Waals surface area contributed by atoms with Crippen LogP contribution in [0.5, 0.6) is 0 Å². The monoisotopic (exact) mass is 243 g/mol. The molecule has 96 valence electrons. The normalized spacial score (nSPS) is 11.2. The summed E-state index contributed by atoms with van der Waals surface area (Å²) in [5.41, 5.74) is 1.05. The van der Waals surface area contributed by atoms with Gasteiger partial charge < -0.3 is 10.2 Å². The van der Waals surface area contributed by atoms with Crippen LogP contribution in [-0.2, 0) is 6.54 Å². The minimum absolute atomic E-state index is 0.295. The maximum atomic E-state index is 12.2. The first-order chi connectivity index (χ1) is 7.99. The van der Waals surface area contributed by atoms with Crippen LogP contribution in [-0.4, -0.2) is 31.0 Å². The van der Waals surface area contributed by atoms with E-state index in [9.17, 15) is 8.78 Å². The summed E-state index contributed by atoms with van der Waals surface area (Å²) in [7, 11) is 1.61. The van der Waals surface area contributed by atoms with Gasteiger partial charge in [-0.1, -0.05) is 19.9 Å². The topological polar surface area (TPSA) is 28.2 Å². The summed E-state index contributed by atoms with van der Waals surface area (Å²) >= 11 is 0. The Kier molecular flexibility index (Phi) is 5.28. The van der Waals surface area contributed by atoms with Crippen molar-refractivity contribution in [3.05, 3.63) is 23.9 Å². The van der Waals surface area contributed by atoms with Gasteiger partial charge in [0.15, 0.2) is 0 Å². The van der Waals surface area contributed by atoms with Crippen LogP contribution in [0.1, 0.15) is 19.4 Å². The van der Waals surface area contributed by atoms with Gasteiger partial charge in [-0.3, -0.25) is 0 Å². The SMILES string of the molecule is CC(C)NCc1ccc(N(C)CC(F)F)nc1. The smallest absolute Gasteiger partial charge is 0.255 e. The van der Waals surface area contributed by atoms with Crippen LogP contribution in [0.4, 0.5) is 14.6 Å². The van der Waals surface area contributed by atoms with Crippen molar-refractivity contribution in [2.45, 2.75) is 32.9 Å². The lowest BCUT2D eigenvalue weighted by Crippen LogP contribution is -2.25. The Labute approximate surface area is 101 Å². The van der Waals surface area contributed by atoms with E-state index in [2.05, 4.69) is 24.1 Å². The van der Waals surface area contributed by atoms with E-state index in [-0.39, 0.29) is 6.54 Å². The number of hydrogen-bond acceptors (Lipinski definition) is 3. The molecule has 0 aliphatic heterocycles. The molecule has 3 nitrogen and oxygen atoms in total. The largest absolute Gasteiger partial charge is 0.354 e. The molecule has 0 radical (unpaired) electrons. The zero-order valence-corrected chi connectivity index (χ0v) is 10.5. The molecule has 0 spiro atoms. The Morgan fingerprint density at radius 1 is 1.35 bits per heavy atom. The number of hydrogen-bond donors (Lipinski definition) is 1. The van der Waals surface area contributed by atoms with Crippen LogP contribution in [0.15, 0.2) is 18.3 Å². The second kappa shape index (κ2) is 6.49. The maximum Gasteiger partial charge on any atom is 0.255 e. The Hall–Kier alpha value is -1.23. The Bertz CT molecular complexity index is 325. The van der Waals surface area contributed by atoms with Crippen molar-refractivity contribution in [1.82, 2.24) is 10.3 Å². The predicted molar refractivity (Wildman–Crippen MR) is 65.5 cm³/mol. The molecule has 0 amide bonds. The molecule has 17 heavy (non-hydrogen) atoms. The van der Waals surface area contributed by atoms with Gasteiger partial charge in [-0.2, -0.15) is 0 Å². The summed E-state index contributed by atoms with van der Waals surface area (Å²) in [6, 6.07) is 4.08. The summed E-state index contributed by atoms with van der Waals surface area (Å²) < 4.78 is 24.4. The highest BCUT2D eigenvalue weighted by atomic mass is 19.3. The van der Waals surface area contributed by atoms with Crippen molar-refractivity contribution in [2.75, 3.05) is 18.5 Å². The first kappa shape index (κ1) is 13.8. The number of nitrogens with one attached hydrogen (secondary N) is 1. The molecule has 1 N–H and O–H groups in total. The average Bonchev–Trinajstić information content (AvgIpc) is 2.26. The zero-order chi connectivity index (χ0) is 12.8. The van der Waals surface area contributed by atoms with E-state index in [4.69, 9.17) is 0 Å². The molecule has 1 rings (SSSR count). The van der Waals surface area contributed by atoms with Gasteiger partial charge in [0.2, 0.25) is 0 Å². The highest BCUT2D eigenvalue weighted by Crippen LogP contribution is 2.11. The molecule has 0 unspecified atom stereocenters. The highest BCUT2D eigenvalue weighted by molar-refractivity contribution is 5.38. The fourth-order valence-corrected chi connectivity index (χ4v) is 1.37. The number of pyridine rings is 1. The second-order valence-electron chi connectivity index (χ2n) is 4.33. The number of nitrogens with zero attached hydrogens (tertiary/aromatic N) is 2. The van der Waals surface area contributed by atoms with Crippen molar-refractivity contribution in [1.29, 1.82) is 0 Å². The quantitative estimate of drug-likeness (QED) is 0.830. The lowest BCUT2D eigenvalue weighted by atomic mass is 10.2. The number of aromatic nitrogens is 1. The molecule has 0 aromatic carbocycles. The molecule has 1 aromatic heterocycles.